The molecule has 0 bridgehead atoms. The van der Waals surface area contributed by atoms with E-state index in [1.165, 1.54) is 44.9 Å². The number of unbranched alkanes of at least 4 members (excludes halogenated alkanes) is 4. The topological polar surface area (TPSA) is 0 Å². The molecule has 0 unspecified atom stereocenters. The van der Waals surface area contributed by atoms with E-state index in [1.54, 1.807) is 7.23 Å². The monoisotopic (exact) mass is 386 g/mol. The van der Waals surface area contributed by atoms with Gasteiger partial charge in [0, 0.05) is 0 Å². The SMILES string of the molecule is CCCC/C=C/C=C(\CCCCC)[Te]c1ccccc1. The van der Waals surface area contributed by atoms with Gasteiger partial charge in [-0.15, -0.1) is 0 Å². The second-order valence-electron chi connectivity index (χ2n) is 5.08. The predicted molar refractivity (Wildman–Crippen MR) is 92.7 cm³/mol. The molecule has 0 heterocycles. The Morgan fingerprint density at radius 3 is 2.45 bits per heavy atom. The van der Waals surface area contributed by atoms with Crippen molar-refractivity contribution in [2.45, 2.75) is 58.8 Å². The maximum atomic E-state index is 2.40. The van der Waals surface area contributed by atoms with Crippen LogP contribution in [-0.2, 0) is 0 Å². The van der Waals surface area contributed by atoms with Crippen molar-refractivity contribution in [1.82, 2.24) is 0 Å². The molecule has 0 fully saturated rings. The third-order valence-electron chi connectivity index (χ3n) is 3.16. The van der Waals surface area contributed by atoms with E-state index >= 15 is 0 Å². The molecule has 0 aliphatic rings. The van der Waals surface area contributed by atoms with Crippen molar-refractivity contribution in [3.05, 3.63) is 52.2 Å². The van der Waals surface area contributed by atoms with E-state index in [0.717, 1.165) is 0 Å². The second kappa shape index (κ2) is 12.2. The van der Waals surface area contributed by atoms with Gasteiger partial charge in [-0.1, -0.05) is 0 Å². The van der Waals surface area contributed by atoms with Gasteiger partial charge in [-0.25, -0.2) is 0 Å². The molecule has 0 radical (unpaired) electrons. The average Bonchev–Trinajstić information content (AvgIpc) is 2.48. The normalized spacial score (nSPS) is 12.2. The maximum absolute atomic E-state index is 2.40. The quantitative estimate of drug-likeness (QED) is 0.295. The number of allylic oxidation sites excluding steroid dienone is 4. The summed E-state index contributed by atoms with van der Waals surface area (Å²) >= 11 is -0.168. The van der Waals surface area contributed by atoms with Crippen molar-refractivity contribution in [1.29, 1.82) is 0 Å². The summed E-state index contributed by atoms with van der Waals surface area (Å²) in [6, 6.07) is 11.0. The molecule has 110 valence electrons. The summed E-state index contributed by atoms with van der Waals surface area (Å²) in [5.74, 6) is 0. The zero-order valence-corrected chi connectivity index (χ0v) is 15.3. The van der Waals surface area contributed by atoms with E-state index in [0.29, 0.717) is 0 Å². The van der Waals surface area contributed by atoms with E-state index in [9.17, 15) is 0 Å². The molecule has 1 rings (SSSR count). The molecule has 20 heavy (non-hydrogen) atoms. The van der Waals surface area contributed by atoms with Crippen molar-refractivity contribution in [3.8, 4) is 0 Å². The number of rotatable bonds is 10. The second-order valence-corrected chi connectivity index (χ2v) is 8.50. The number of hydrogen-bond acceptors (Lipinski definition) is 0. The first-order valence-electron chi connectivity index (χ1n) is 7.95. The Bertz CT molecular complexity index is 389. The van der Waals surface area contributed by atoms with Crippen LogP contribution in [0.25, 0.3) is 0 Å². The first kappa shape index (κ1) is 17.5. The minimum atomic E-state index is -0.168. The van der Waals surface area contributed by atoms with E-state index in [1.807, 2.05) is 0 Å². The first-order chi connectivity index (χ1) is 9.86. The van der Waals surface area contributed by atoms with Crippen molar-refractivity contribution >= 4 is 24.5 Å². The fourth-order valence-corrected chi connectivity index (χ4v) is 4.77. The van der Waals surface area contributed by atoms with Crippen LogP contribution in [0.1, 0.15) is 58.8 Å². The third-order valence-corrected chi connectivity index (χ3v) is 6.33. The van der Waals surface area contributed by atoms with Crippen molar-refractivity contribution in [2.75, 3.05) is 0 Å². The summed E-state index contributed by atoms with van der Waals surface area (Å²) in [5, 5.41) is 0. The van der Waals surface area contributed by atoms with E-state index in [-0.39, 0.29) is 20.9 Å². The standard InChI is InChI=1S/C19H28Te/c1-3-5-7-8-11-15-18(14-10-6-4-2)20-19-16-12-9-13-17-19/h8-9,11-13,15-17H,3-7,10,14H2,1-2H3/b11-8+,18-15+. The summed E-state index contributed by atoms with van der Waals surface area (Å²) in [5.41, 5.74) is 0. The molecule has 0 nitrogen and oxygen atoms in total. The molecule has 0 amide bonds. The molecule has 1 aromatic carbocycles. The first-order valence-corrected chi connectivity index (χ1v) is 10.3. The zero-order valence-electron chi connectivity index (χ0n) is 13.0. The van der Waals surface area contributed by atoms with Gasteiger partial charge in [0.1, 0.15) is 0 Å². The Morgan fingerprint density at radius 1 is 1.00 bits per heavy atom. The molecule has 0 N–H and O–H groups in total. The minimum absolute atomic E-state index is 0.168. The van der Waals surface area contributed by atoms with Crippen molar-refractivity contribution in [2.24, 2.45) is 0 Å². The summed E-state index contributed by atoms with van der Waals surface area (Å²) in [7, 11) is 0. The molecule has 0 saturated carbocycles. The number of hydrogen-bond donors (Lipinski definition) is 0. The van der Waals surface area contributed by atoms with Crippen LogP contribution in [0.4, 0.5) is 0 Å². The Balaban J connectivity index is 2.54. The van der Waals surface area contributed by atoms with Gasteiger partial charge in [0.2, 0.25) is 0 Å². The van der Waals surface area contributed by atoms with Crippen LogP contribution in [0.5, 0.6) is 0 Å². The molecule has 0 saturated heterocycles. The molecular formula is C19H28Te. The Labute approximate surface area is 135 Å². The van der Waals surface area contributed by atoms with Gasteiger partial charge in [-0.05, 0) is 0 Å². The van der Waals surface area contributed by atoms with Crippen LogP contribution >= 0.6 is 0 Å². The Hall–Kier alpha value is -0.510. The van der Waals surface area contributed by atoms with Gasteiger partial charge in [-0.2, -0.15) is 0 Å². The van der Waals surface area contributed by atoms with Crippen LogP contribution in [0.3, 0.4) is 0 Å². The molecule has 0 spiro atoms. The van der Waals surface area contributed by atoms with Crippen LogP contribution < -0.4 is 3.61 Å². The zero-order chi connectivity index (χ0) is 14.5. The Morgan fingerprint density at radius 2 is 1.75 bits per heavy atom. The fourth-order valence-electron chi connectivity index (χ4n) is 1.95. The van der Waals surface area contributed by atoms with Crippen LogP contribution in [0.15, 0.2) is 52.2 Å². The predicted octanol–water partition coefficient (Wildman–Crippen LogP) is 5.23. The molecule has 0 aromatic heterocycles. The summed E-state index contributed by atoms with van der Waals surface area (Å²) in [6.07, 6.45) is 16.2. The average molecular weight is 384 g/mol. The molecule has 1 heteroatoms. The van der Waals surface area contributed by atoms with Crippen LogP contribution in [0, 0.1) is 0 Å². The van der Waals surface area contributed by atoms with Crippen molar-refractivity contribution < 1.29 is 0 Å². The van der Waals surface area contributed by atoms with Gasteiger partial charge in [0.05, 0.1) is 0 Å². The summed E-state index contributed by atoms with van der Waals surface area (Å²) in [4.78, 5) is 0. The molecule has 0 aliphatic carbocycles. The molecular weight excluding hydrogens is 356 g/mol. The van der Waals surface area contributed by atoms with E-state index in [4.69, 9.17) is 0 Å². The van der Waals surface area contributed by atoms with E-state index in [2.05, 4.69) is 62.4 Å². The fraction of sp³-hybridized carbons (Fsp3) is 0.474. The summed E-state index contributed by atoms with van der Waals surface area (Å²) < 4.78 is 3.26. The third kappa shape index (κ3) is 8.62. The van der Waals surface area contributed by atoms with Crippen LogP contribution in [0.2, 0.25) is 0 Å². The Kier molecular flexibility index (Phi) is 10.7. The van der Waals surface area contributed by atoms with Gasteiger partial charge in [0.25, 0.3) is 0 Å². The van der Waals surface area contributed by atoms with E-state index < -0.39 is 0 Å². The summed E-state index contributed by atoms with van der Waals surface area (Å²) in [6.45, 7) is 4.53. The number of benzene rings is 1. The molecule has 1 aromatic rings. The van der Waals surface area contributed by atoms with Gasteiger partial charge in [-0.3, -0.25) is 0 Å². The van der Waals surface area contributed by atoms with Gasteiger partial charge < -0.3 is 0 Å². The van der Waals surface area contributed by atoms with Gasteiger partial charge in [0.15, 0.2) is 0 Å². The van der Waals surface area contributed by atoms with Crippen LogP contribution in [-0.4, -0.2) is 20.9 Å². The van der Waals surface area contributed by atoms with Crippen molar-refractivity contribution in [3.63, 3.8) is 0 Å². The molecule has 0 atom stereocenters. The molecule has 0 aliphatic heterocycles. The van der Waals surface area contributed by atoms with Gasteiger partial charge >= 0.3 is 136 Å².